The summed E-state index contributed by atoms with van der Waals surface area (Å²) in [5.41, 5.74) is 3.45. The number of hydrogen-bond acceptors (Lipinski definition) is 4. The summed E-state index contributed by atoms with van der Waals surface area (Å²) >= 11 is 0. The number of carboxylic acids is 1. The van der Waals surface area contributed by atoms with Crippen LogP contribution in [0.4, 0.5) is 11.5 Å². The Kier molecular flexibility index (Phi) is 5.38. The lowest BCUT2D eigenvalue weighted by Crippen LogP contribution is -2.24. The summed E-state index contributed by atoms with van der Waals surface area (Å²) in [6.07, 6.45) is 3.65. The minimum Gasteiger partial charge on any atom is -0.479 e. The molecule has 35 heavy (non-hydrogen) atoms. The van der Waals surface area contributed by atoms with Crippen molar-refractivity contribution in [3.05, 3.63) is 95.1 Å². The van der Waals surface area contributed by atoms with Gasteiger partial charge < -0.3 is 9.67 Å². The molecule has 0 fully saturated rings. The maximum absolute atomic E-state index is 13.4. The number of aromatic nitrogens is 3. The summed E-state index contributed by atoms with van der Waals surface area (Å²) in [6, 6.07) is 15.9. The zero-order valence-corrected chi connectivity index (χ0v) is 19.1. The molecule has 0 unspecified atom stereocenters. The smallest absolute Gasteiger partial charge is 0.325 e. The van der Waals surface area contributed by atoms with Gasteiger partial charge in [0.15, 0.2) is 5.82 Å². The van der Waals surface area contributed by atoms with E-state index in [0.717, 1.165) is 11.4 Å². The van der Waals surface area contributed by atoms with Gasteiger partial charge in [0.05, 0.1) is 18.7 Å². The second kappa shape index (κ2) is 8.54. The zero-order chi connectivity index (χ0) is 24.7. The predicted octanol–water partition coefficient (Wildman–Crippen LogP) is 5.60. The van der Waals surface area contributed by atoms with E-state index in [-0.39, 0.29) is 23.2 Å². The first-order valence-electron chi connectivity index (χ1n) is 11.1. The van der Waals surface area contributed by atoms with Crippen molar-refractivity contribution < 1.29 is 14.7 Å². The van der Waals surface area contributed by atoms with Gasteiger partial charge in [-0.25, -0.2) is 19.6 Å². The third kappa shape index (κ3) is 3.83. The second-order valence-electron chi connectivity index (χ2n) is 8.55. The summed E-state index contributed by atoms with van der Waals surface area (Å²) < 4.78 is 2.03. The van der Waals surface area contributed by atoms with Crippen LogP contribution >= 0.6 is 0 Å². The molecule has 8 nitrogen and oxygen atoms in total. The Morgan fingerprint density at radius 3 is 2.63 bits per heavy atom. The van der Waals surface area contributed by atoms with E-state index in [1.165, 1.54) is 12.1 Å². The number of carbonyl (C=O) groups excluding carboxylic acids is 1. The number of pyridine rings is 1. The van der Waals surface area contributed by atoms with Crippen molar-refractivity contribution in [3.63, 3.8) is 0 Å². The quantitative estimate of drug-likeness (QED) is 0.389. The van der Waals surface area contributed by atoms with Crippen molar-refractivity contribution in [3.8, 4) is 22.6 Å². The van der Waals surface area contributed by atoms with Gasteiger partial charge in [-0.15, -0.1) is 0 Å². The van der Waals surface area contributed by atoms with Crippen molar-refractivity contribution in [2.24, 2.45) is 0 Å². The number of carbonyl (C=O) groups is 2. The topological polar surface area (TPSA) is 92.7 Å². The number of rotatable bonds is 5. The number of anilines is 1. The summed E-state index contributed by atoms with van der Waals surface area (Å²) in [5, 5.41) is 9.45. The lowest BCUT2D eigenvalue weighted by atomic mass is 9.98. The van der Waals surface area contributed by atoms with Crippen molar-refractivity contribution in [2.75, 3.05) is 4.90 Å². The highest BCUT2D eigenvalue weighted by Gasteiger charge is 2.30. The van der Waals surface area contributed by atoms with Gasteiger partial charge >= 0.3 is 5.97 Å². The number of amides is 1. The summed E-state index contributed by atoms with van der Waals surface area (Å²) in [6.45, 7) is 11.7. The van der Waals surface area contributed by atoms with Crippen LogP contribution in [0.2, 0.25) is 0 Å². The summed E-state index contributed by atoms with van der Waals surface area (Å²) in [5.74, 6) is -0.0521. The molecule has 1 aliphatic rings. The van der Waals surface area contributed by atoms with Gasteiger partial charge in [-0.2, -0.15) is 0 Å². The zero-order valence-electron chi connectivity index (χ0n) is 19.1. The molecule has 2 aromatic heterocycles. The predicted molar refractivity (Wildman–Crippen MR) is 131 cm³/mol. The Labute approximate surface area is 201 Å². The fraction of sp³-hybridized carbons (Fsp3) is 0.148. The van der Waals surface area contributed by atoms with E-state index < -0.39 is 5.97 Å². The van der Waals surface area contributed by atoms with E-state index in [4.69, 9.17) is 11.6 Å². The van der Waals surface area contributed by atoms with Crippen LogP contribution in [0, 0.1) is 6.57 Å². The highest BCUT2D eigenvalue weighted by molar-refractivity contribution is 6.10. The van der Waals surface area contributed by atoms with Gasteiger partial charge in [0.2, 0.25) is 5.69 Å². The largest absolute Gasteiger partial charge is 0.479 e. The molecule has 0 saturated heterocycles. The lowest BCUT2D eigenvalue weighted by molar-refractivity contribution is 0.0698. The first kappa shape index (κ1) is 22.0. The number of carboxylic acid groups (broad SMARTS) is 1. The average molecular weight is 463 g/mol. The van der Waals surface area contributed by atoms with Crippen molar-refractivity contribution >= 4 is 23.4 Å². The van der Waals surface area contributed by atoms with Crippen LogP contribution in [-0.4, -0.2) is 31.5 Å². The third-order valence-corrected chi connectivity index (χ3v) is 6.06. The van der Waals surface area contributed by atoms with Crippen molar-refractivity contribution in [2.45, 2.75) is 26.4 Å². The van der Waals surface area contributed by atoms with Gasteiger partial charge in [-0.1, -0.05) is 36.4 Å². The van der Waals surface area contributed by atoms with E-state index in [9.17, 15) is 14.7 Å². The molecule has 0 bridgehead atoms. The molecule has 0 atom stereocenters. The number of hydrogen-bond donors (Lipinski definition) is 1. The molecule has 0 saturated carbocycles. The third-order valence-electron chi connectivity index (χ3n) is 6.06. The van der Waals surface area contributed by atoms with Crippen LogP contribution < -0.4 is 4.90 Å². The maximum Gasteiger partial charge on any atom is 0.325 e. The van der Waals surface area contributed by atoms with Gasteiger partial charge in [-0.05, 0) is 48.7 Å². The molecule has 5 rings (SSSR count). The first-order chi connectivity index (χ1) is 16.9. The summed E-state index contributed by atoms with van der Waals surface area (Å²) in [7, 11) is 0. The monoisotopic (exact) mass is 463 g/mol. The highest BCUT2D eigenvalue weighted by atomic mass is 16.4. The van der Waals surface area contributed by atoms with Gasteiger partial charge in [-0.3, -0.25) is 9.69 Å². The standard InChI is InChI=1S/C27H21N5O3/c1-16(2)31-12-11-29-25(31)23-5-4-6-24(30-23)32-15-19-8-7-17(13-20(19)26(32)33)18-9-10-22(28-3)21(14-18)27(34)35/h4-14,16H,15H2,1-2H3,(H,34,35). The fourth-order valence-electron chi connectivity index (χ4n) is 4.28. The lowest BCUT2D eigenvalue weighted by Gasteiger charge is -2.16. The molecule has 8 heteroatoms. The molecule has 1 aliphatic heterocycles. The molecule has 0 spiro atoms. The first-order valence-corrected chi connectivity index (χ1v) is 11.1. The molecular weight excluding hydrogens is 442 g/mol. The SMILES string of the molecule is [C-]#[N+]c1ccc(-c2ccc3c(c2)C(=O)N(c2cccc(-c4nccn4C(C)C)n2)C3)cc1C(=O)O. The molecule has 1 N–H and O–H groups in total. The van der Waals surface area contributed by atoms with Crippen LogP contribution in [0.1, 0.15) is 46.2 Å². The van der Waals surface area contributed by atoms with E-state index in [0.29, 0.717) is 34.7 Å². The van der Waals surface area contributed by atoms with Gasteiger partial charge in [0.25, 0.3) is 5.91 Å². The van der Waals surface area contributed by atoms with E-state index >= 15 is 0 Å². The normalized spacial score (nSPS) is 12.6. The molecule has 4 aromatic rings. The minimum atomic E-state index is -1.16. The van der Waals surface area contributed by atoms with Crippen molar-refractivity contribution in [1.29, 1.82) is 0 Å². The van der Waals surface area contributed by atoms with Crippen LogP contribution in [0.5, 0.6) is 0 Å². The number of nitrogens with zero attached hydrogens (tertiary/aromatic N) is 5. The molecular formula is C27H21N5O3. The Morgan fingerprint density at radius 2 is 1.89 bits per heavy atom. The highest BCUT2D eigenvalue weighted by Crippen LogP contribution is 2.33. The van der Waals surface area contributed by atoms with Crippen LogP contribution in [0.15, 0.2) is 67.0 Å². The van der Waals surface area contributed by atoms with E-state index in [1.807, 2.05) is 35.0 Å². The number of imidazole rings is 1. The Balaban J connectivity index is 1.48. The fourth-order valence-corrected chi connectivity index (χ4v) is 4.28. The molecule has 0 aliphatic carbocycles. The Bertz CT molecular complexity index is 1530. The van der Waals surface area contributed by atoms with Gasteiger partial charge in [0, 0.05) is 24.0 Å². The summed E-state index contributed by atoms with van der Waals surface area (Å²) in [4.78, 5) is 39.0. The molecule has 0 radical (unpaired) electrons. The van der Waals surface area contributed by atoms with Crippen LogP contribution in [0.3, 0.4) is 0 Å². The number of benzene rings is 2. The Morgan fingerprint density at radius 1 is 1.11 bits per heavy atom. The molecule has 2 aromatic carbocycles. The second-order valence-corrected chi connectivity index (χ2v) is 8.55. The number of aromatic carboxylic acids is 1. The maximum atomic E-state index is 13.4. The Hall–Kier alpha value is -4.77. The van der Waals surface area contributed by atoms with Crippen LogP contribution in [-0.2, 0) is 6.54 Å². The van der Waals surface area contributed by atoms with Gasteiger partial charge in [0.1, 0.15) is 11.5 Å². The number of fused-ring (bicyclic) bond motifs is 1. The molecule has 1 amide bonds. The molecule has 3 heterocycles. The van der Waals surface area contributed by atoms with E-state index in [1.54, 1.807) is 29.3 Å². The average Bonchev–Trinajstić information content (AvgIpc) is 3.49. The molecule has 172 valence electrons. The minimum absolute atomic E-state index is 0.0632. The van der Waals surface area contributed by atoms with Crippen LogP contribution in [0.25, 0.3) is 27.5 Å². The van der Waals surface area contributed by atoms with E-state index in [2.05, 4.69) is 23.7 Å². The van der Waals surface area contributed by atoms with Crippen molar-refractivity contribution in [1.82, 2.24) is 14.5 Å².